The number of rotatable bonds is 11. The summed E-state index contributed by atoms with van der Waals surface area (Å²) in [6.07, 6.45) is -14.1. The van der Waals surface area contributed by atoms with Crippen molar-refractivity contribution in [2.45, 2.75) is 81.9 Å². The van der Waals surface area contributed by atoms with Crippen molar-refractivity contribution in [1.82, 2.24) is 5.32 Å². The molecule has 4 nitrogen and oxygen atoms in total. The molecule has 38 heavy (non-hydrogen) atoms. The second-order valence-corrected chi connectivity index (χ2v) is 9.86. The highest BCUT2D eigenvalue weighted by Gasteiger charge is 2.45. The summed E-state index contributed by atoms with van der Waals surface area (Å²) in [6, 6.07) is 10.3. The molecule has 0 radical (unpaired) electrons. The number of aliphatic hydroxyl groups excluding tert-OH is 1. The SMILES string of the molecule is CCc1cc(OC2CCCC(Cc3cccc(OC(F)(F)C(F)F)c3)(NCC(O)C(F)(F)F)C2)ccc1Cl. The molecule has 0 heterocycles. The van der Waals surface area contributed by atoms with Gasteiger partial charge in [-0.05, 0) is 73.6 Å². The average molecular weight is 572 g/mol. The van der Waals surface area contributed by atoms with Crippen LogP contribution in [-0.4, -0.2) is 48.1 Å². The van der Waals surface area contributed by atoms with E-state index < -0.39 is 48.8 Å². The van der Waals surface area contributed by atoms with Crippen LogP contribution in [0.2, 0.25) is 5.02 Å². The molecule has 1 aliphatic carbocycles. The Labute approximate surface area is 221 Å². The first kappa shape index (κ1) is 30.3. The van der Waals surface area contributed by atoms with E-state index in [1.165, 1.54) is 12.1 Å². The van der Waals surface area contributed by atoms with Gasteiger partial charge in [-0.15, -0.1) is 0 Å². The van der Waals surface area contributed by atoms with Gasteiger partial charge in [-0.2, -0.15) is 30.7 Å². The zero-order valence-corrected chi connectivity index (χ0v) is 21.3. The lowest BCUT2D eigenvalue weighted by Crippen LogP contribution is -2.55. The minimum absolute atomic E-state index is 0.0513. The summed E-state index contributed by atoms with van der Waals surface area (Å²) in [5, 5.41) is 13.0. The van der Waals surface area contributed by atoms with Crippen LogP contribution in [0.5, 0.6) is 11.5 Å². The molecule has 3 rings (SSSR count). The van der Waals surface area contributed by atoms with Gasteiger partial charge in [0.25, 0.3) is 0 Å². The van der Waals surface area contributed by atoms with Crippen LogP contribution in [0.1, 0.15) is 43.7 Å². The lowest BCUT2D eigenvalue weighted by Gasteiger charge is -2.42. The van der Waals surface area contributed by atoms with Crippen LogP contribution in [0.25, 0.3) is 0 Å². The Morgan fingerprint density at radius 3 is 2.50 bits per heavy atom. The number of β-amino-alcohol motifs (C(OH)–C–C–N with tert-alkyl or cyclic N) is 1. The topological polar surface area (TPSA) is 50.7 Å². The Morgan fingerprint density at radius 1 is 1.11 bits per heavy atom. The van der Waals surface area contributed by atoms with Crippen molar-refractivity contribution in [1.29, 1.82) is 0 Å². The van der Waals surface area contributed by atoms with Crippen LogP contribution >= 0.6 is 11.6 Å². The third-order valence-electron chi connectivity index (χ3n) is 6.50. The smallest absolute Gasteiger partial charge is 0.461 e. The van der Waals surface area contributed by atoms with E-state index in [1.54, 1.807) is 18.2 Å². The predicted octanol–water partition coefficient (Wildman–Crippen LogP) is 6.95. The van der Waals surface area contributed by atoms with Crippen molar-refractivity contribution < 1.29 is 45.3 Å². The number of aliphatic hydroxyl groups is 1. The van der Waals surface area contributed by atoms with Crippen molar-refractivity contribution in [2.75, 3.05) is 6.54 Å². The van der Waals surface area contributed by atoms with Crippen LogP contribution in [0.3, 0.4) is 0 Å². The molecule has 0 bridgehead atoms. The molecule has 0 spiro atoms. The van der Waals surface area contributed by atoms with Gasteiger partial charge < -0.3 is 19.9 Å². The maximum absolute atomic E-state index is 13.4. The molecule has 12 heteroatoms. The van der Waals surface area contributed by atoms with Crippen LogP contribution in [0.4, 0.5) is 30.7 Å². The van der Waals surface area contributed by atoms with E-state index in [-0.39, 0.29) is 12.8 Å². The monoisotopic (exact) mass is 571 g/mol. The fourth-order valence-electron chi connectivity index (χ4n) is 4.62. The molecular formula is C26H29ClF7NO3. The van der Waals surface area contributed by atoms with Crippen molar-refractivity contribution in [3.63, 3.8) is 0 Å². The van der Waals surface area contributed by atoms with Gasteiger partial charge in [0, 0.05) is 23.5 Å². The molecule has 3 atom stereocenters. The summed E-state index contributed by atoms with van der Waals surface area (Å²) in [5.74, 6) is 0.0437. The van der Waals surface area contributed by atoms with Crippen molar-refractivity contribution in [2.24, 2.45) is 0 Å². The summed E-state index contributed by atoms with van der Waals surface area (Å²) in [7, 11) is 0. The molecule has 2 aromatic carbocycles. The third-order valence-corrected chi connectivity index (χ3v) is 6.87. The van der Waals surface area contributed by atoms with Gasteiger partial charge in [0.1, 0.15) is 17.6 Å². The van der Waals surface area contributed by atoms with Crippen LogP contribution in [-0.2, 0) is 12.8 Å². The van der Waals surface area contributed by atoms with Gasteiger partial charge >= 0.3 is 18.7 Å². The minimum atomic E-state index is -4.84. The standard InChI is InChI=1S/C26H29ClF7NO3/c1-2-17-12-18(8-9-21(17)27)37-20-7-4-10-24(14-20,35-15-22(36)25(30,31)32)13-16-5-3-6-19(11-16)38-26(33,34)23(28)29/h3,5-6,8-9,11-12,20,22-23,35-36H,2,4,7,10,13-15H2,1H3. The second kappa shape index (κ2) is 12.3. The molecule has 0 aliphatic heterocycles. The molecule has 2 N–H and O–H groups in total. The van der Waals surface area contributed by atoms with Crippen molar-refractivity contribution >= 4 is 11.6 Å². The van der Waals surface area contributed by atoms with E-state index in [2.05, 4.69) is 10.1 Å². The lowest BCUT2D eigenvalue weighted by atomic mass is 9.76. The average Bonchev–Trinajstić information content (AvgIpc) is 2.83. The summed E-state index contributed by atoms with van der Waals surface area (Å²) in [4.78, 5) is 0. The minimum Gasteiger partial charge on any atom is -0.490 e. The quantitative estimate of drug-likeness (QED) is 0.287. The predicted molar refractivity (Wildman–Crippen MR) is 128 cm³/mol. The fraction of sp³-hybridized carbons (Fsp3) is 0.538. The normalized spacial score (nSPS) is 21.4. The molecule has 0 amide bonds. The van der Waals surface area contributed by atoms with Gasteiger partial charge in [-0.25, -0.2) is 0 Å². The van der Waals surface area contributed by atoms with Gasteiger partial charge in [0.05, 0.1) is 0 Å². The first-order valence-electron chi connectivity index (χ1n) is 12.1. The number of alkyl halides is 7. The van der Waals surface area contributed by atoms with Crippen molar-refractivity contribution in [3.8, 4) is 11.5 Å². The molecule has 2 aromatic rings. The molecule has 3 unspecified atom stereocenters. The van der Waals surface area contributed by atoms with Gasteiger partial charge in [-0.1, -0.05) is 30.7 Å². The fourth-order valence-corrected chi connectivity index (χ4v) is 4.87. The largest absolute Gasteiger partial charge is 0.490 e. The summed E-state index contributed by atoms with van der Waals surface area (Å²) < 4.78 is 101. The number of nitrogens with one attached hydrogen (secondary N) is 1. The first-order chi connectivity index (χ1) is 17.7. The maximum Gasteiger partial charge on any atom is 0.461 e. The molecule has 1 fully saturated rings. The molecule has 1 saturated carbocycles. The molecule has 0 saturated heterocycles. The number of hydrogen-bond acceptors (Lipinski definition) is 4. The third kappa shape index (κ3) is 8.13. The van der Waals surface area contributed by atoms with Gasteiger partial charge in [0.15, 0.2) is 6.10 Å². The van der Waals surface area contributed by atoms with E-state index >= 15 is 0 Å². The van der Waals surface area contributed by atoms with Crippen LogP contribution in [0, 0.1) is 0 Å². The zero-order chi connectivity index (χ0) is 28.1. The summed E-state index contributed by atoms with van der Waals surface area (Å²) in [6.45, 7) is 1.14. The Morgan fingerprint density at radius 2 is 1.84 bits per heavy atom. The van der Waals surface area contributed by atoms with E-state index in [1.807, 2.05) is 6.92 Å². The molecule has 1 aliphatic rings. The zero-order valence-electron chi connectivity index (χ0n) is 20.5. The Bertz CT molecular complexity index is 1070. The summed E-state index contributed by atoms with van der Waals surface area (Å²) >= 11 is 6.17. The van der Waals surface area contributed by atoms with Crippen LogP contribution < -0.4 is 14.8 Å². The second-order valence-electron chi connectivity index (χ2n) is 9.45. The number of benzene rings is 2. The first-order valence-corrected chi connectivity index (χ1v) is 12.5. The highest BCUT2D eigenvalue weighted by Crippen LogP contribution is 2.36. The summed E-state index contributed by atoms with van der Waals surface area (Å²) in [5.41, 5.74) is 0.232. The Kier molecular flexibility index (Phi) is 9.81. The number of aryl methyl sites for hydroxylation is 1. The van der Waals surface area contributed by atoms with Crippen LogP contribution in [0.15, 0.2) is 42.5 Å². The molecule has 212 valence electrons. The Hall–Kier alpha value is -2.24. The molecule has 0 aromatic heterocycles. The Balaban J connectivity index is 1.84. The van der Waals surface area contributed by atoms with E-state index in [9.17, 15) is 35.8 Å². The lowest BCUT2D eigenvalue weighted by molar-refractivity contribution is -0.253. The number of halogens is 8. The highest BCUT2D eigenvalue weighted by molar-refractivity contribution is 6.31. The van der Waals surface area contributed by atoms with Gasteiger partial charge in [-0.3, -0.25) is 0 Å². The van der Waals surface area contributed by atoms with E-state index in [0.29, 0.717) is 42.0 Å². The van der Waals surface area contributed by atoms with E-state index in [0.717, 1.165) is 17.7 Å². The maximum atomic E-state index is 13.4. The number of hydrogen-bond donors (Lipinski definition) is 2. The highest BCUT2D eigenvalue weighted by atomic mass is 35.5. The number of ether oxygens (including phenoxy) is 2. The van der Waals surface area contributed by atoms with Crippen molar-refractivity contribution in [3.05, 3.63) is 58.6 Å². The molecular weight excluding hydrogens is 543 g/mol. The van der Waals surface area contributed by atoms with E-state index in [4.69, 9.17) is 16.3 Å². The van der Waals surface area contributed by atoms with Gasteiger partial charge in [0.2, 0.25) is 0 Å².